The molecular weight excluding hydrogens is 272 g/mol. The van der Waals surface area contributed by atoms with E-state index in [4.69, 9.17) is 10.2 Å². The van der Waals surface area contributed by atoms with Gasteiger partial charge in [-0.3, -0.25) is 19.2 Å². The van der Waals surface area contributed by atoms with Crippen molar-refractivity contribution in [2.45, 2.75) is 12.8 Å². The molecule has 0 aromatic carbocycles. The van der Waals surface area contributed by atoms with Crippen LogP contribution in [0.15, 0.2) is 0 Å². The Morgan fingerprint density at radius 1 is 0.750 bits per heavy atom. The van der Waals surface area contributed by atoms with Gasteiger partial charge < -0.3 is 20.4 Å². The summed E-state index contributed by atoms with van der Waals surface area (Å²) < 4.78 is 0. The van der Waals surface area contributed by atoms with Crippen LogP contribution in [0, 0.1) is 35.5 Å². The van der Waals surface area contributed by atoms with Gasteiger partial charge in [-0.25, -0.2) is 0 Å². The third kappa shape index (κ3) is 2.00. The largest absolute Gasteiger partial charge is 0.481 e. The van der Waals surface area contributed by atoms with E-state index in [1.54, 1.807) is 0 Å². The number of fused-ring (bicyclic) bond motifs is 2. The first kappa shape index (κ1) is 14.3. The van der Waals surface area contributed by atoms with Gasteiger partial charge in [-0.15, -0.1) is 0 Å². The molecule has 0 spiro atoms. The van der Waals surface area contributed by atoms with Crippen molar-refractivity contribution in [2.75, 3.05) is 0 Å². The van der Waals surface area contributed by atoms with E-state index in [1.165, 1.54) is 0 Å². The lowest BCUT2D eigenvalue weighted by Gasteiger charge is -2.34. The van der Waals surface area contributed by atoms with Gasteiger partial charge in [0.25, 0.3) is 0 Å². The maximum atomic E-state index is 11.3. The van der Waals surface area contributed by atoms with E-state index < -0.39 is 65.8 Å². The molecule has 2 bridgehead atoms. The molecule has 8 heteroatoms. The Labute approximate surface area is 113 Å². The van der Waals surface area contributed by atoms with Gasteiger partial charge in [0, 0.05) is 6.42 Å². The van der Waals surface area contributed by atoms with E-state index in [-0.39, 0.29) is 6.42 Å². The molecule has 6 unspecified atom stereocenters. The molecule has 0 saturated heterocycles. The van der Waals surface area contributed by atoms with Gasteiger partial charge in [-0.05, 0) is 24.2 Å². The van der Waals surface area contributed by atoms with Gasteiger partial charge in [0.05, 0.1) is 17.8 Å². The van der Waals surface area contributed by atoms with E-state index in [1.807, 2.05) is 0 Å². The van der Waals surface area contributed by atoms with Crippen molar-refractivity contribution in [3.63, 3.8) is 0 Å². The molecule has 110 valence electrons. The monoisotopic (exact) mass is 286 g/mol. The second kappa shape index (κ2) is 4.77. The van der Waals surface area contributed by atoms with Crippen LogP contribution in [0.25, 0.3) is 0 Å². The smallest absolute Gasteiger partial charge is 0.307 e. The molecule has 20 heavy (non-hydrogen) atoms. The molecule has 0 aromatic heterocycles. The lowest BCUT2D eigenvalue weighted by atomic mass is 9.67. The summed E-state index contributed by atoms with van der Waals surface area (Å²) in [7, 11) is 0. The summed E-state index contributed by atoms with van der Waals surface area (Å²) in [6, 6.07) is 0. The van der Waals surface area contributed by atoms with E-state index >= 15 is 0 Å². The molecule has 0 aromatic rings. The highest BCUT2D eigenvalue weighted by molar-refractivity contribution is 5.84. The fourth-order valence-electron chi connectivity index (χ4n) is 4.05. The fraction of sp³-hybridized carbons (Fsp3) is 0.667. The van der Waals surface area contributed by atoms with Crippen LogP contribution in [0.5, 0.6) is 0 Å². The van der Waals surface area contributed by atoms with Gasteiger partial charge in [0.2, 0.25) is 0 Å². The van der Waals surface area contributed by atoms with Crippen molar-refractivity contribution in [1.29, 1.82) is 0 Å². The van der Waals surface area contributed by atoms with Crippen molar-refractivity contribution in [1.82, 2.24) is 0 Å². The van der Waals surface area contributed by atoms with Crippen LogP contribution in [0.3, 0.4) is 0 Å². The summed E-state index contributed by atoms with van der Waals surface area (Å²) in [5.74, 6) is -11.0. The van der Waals surface area contributed by atoms with Crippen molar-refractivity contribution in [3.8, 4) is 0 Å². The lowest BCUT2D eigenvalue weighted by Crippen LogP contribution is -2.45. The Balaban J connectivity index is 2.39. The van der Waals surface area contributed by atoms with Crippen LogP contribution in [0.4, 0.5) is 0 Å². The zero-order valence-corrected chi connectivity index (χ0v) is 10.3. The highest BCUT2D eigenvalue weighted by Gasteiger charge is 2.64. The van der Waals surface area contributed by atoms with E-state index in [2.05, 4.69) is 0 Å². The lowest BCUT2D eigenvalue weighted by molar-refractivity contribution is -0.164. The second-order valence-electron chi connectivity index (χ2n) is 5.42. The minimum atomic E-state index is -1.33. The van der Waals surface area contributed by atoms with Gasteiger partial charge in [0.15, 0.2) is 0 Å². The Bertz CT molecular complexity index is 482. The highest BCUT2D eigenvalue weighted by atomic mass is 16.4. The molecule has 2 fully saturated rings. The standard InChI is InChI=1S/C12H14O8/c13-6(14)2-4-3-1-5(7(4)10(15)16)9(12(19)20)8(3)11(17)18/h3-5,7-9H,1-2H2,(H,13,14)(H,15,16)(H,17,18)(H,19,20). The molecule has 2 saturated carbocycles. The SMILES string of the molecule is O=C(O)CC1C2CC(C1C(=O)O)C(C(=O)O)C2C(=O)O. The predicted octanol–water partition coefficient (Wildman–Crippen LogP) is -0.171. The van der Waals surface area contributed by atoms with Crippen LogP contribution in [0.1, 0.15) is 12.8 Å². The zero-order chi connectivity index (χ0) is 15.2. The molecular formula is C12H14O8. The Kier molecular flexibility index (Phi) is 3.41. The van der Waals surface area contributed by atoms with Crippen LogP contribution in [-0.4, -0.2) is 44.3 Å². The van der Waals surface area contributed by atoms with Gasteiger partial charge >= 0.3 is 23.9 Å². The number of aliphatic carboxylic acids is 4. The first-order valence-corrected chi connectivity index (χ1v) is 6.16. The van der Waals surface area contributed by atoms with Crippen molar-refractivity contribution >= 4 is 23.9 Å². The molecule has 0 aliphatic heterocycles. The van der Waals surface area contributed by atoms with Crippen LogP contribution in [0.2, 0.25) is 0 Å². The van der Waals surface area contributed by atoms with E-state index in [0.717, 1.165) is 0 Å². The number of rotatable bonds is 5. The Hall–Kier alpha value is -2.12. The first-order valence-electron chi connectivity index (χ1n) is 6.16. The molecule has 2 rings (SSSR count). The number of carbonyl (C=O) groups is 4. The predicted molar refractivity (Wildman–Crippen MR) is 60.7 cm³/mol. The van der Waals surface area contributed by atoms with E-state index in [9.17, 15) is 29.4 Å². The maximum absolute atomic E-state index is 11.3. The minimum absolute atomic E-state index is 0.142. The Morgan fingerprint density at radius 2 is 1.20 bits per heavy atom. The summed E-state index contributed by atoms with van der Waals surface area (Å²) in [5.41, 5.74) is 0. The summed E-state index contributed by atoms with van der Waals surface area (Å²) in [4.78, 5) is 44.6. The molecule has 0 amide bonds. The molecule has 6 atom stereocenters. The molecule has 0 heterocycles. The average molecular weight is 286 g/mol. The Morgan fingerprint density at radius 3 is 1.60 bits per heavy atom. The molecule has 4 N–H and O–H groups in total. The summed E-state index contributed by atoms with van der Waals surface area (Å²) in [5, 5.41) is 36.4. The molecule has 8 nitrogen and oxygen atoms in total. The highest BCUT2D eigenvalue weighted by Crippen LogP contribution is 2.59. The van der Waals surface area contributed by atoms with Gasteiger partial charge in [-0.1, -0.05) is 0 Å². The van der Waals surface area contributed by atoms with Crippen molar-refractivity contribution in [3.05, 3.63) is 0 Å². The number of carboxylic acids is 4. The normalized spacial score (nSPS) is 38.6. The maximum Gasteiger partial charge on any atom is 0.307 e. The number of hydrogen-bond acceptors (Lipinski definition) is 4. The van der Waals surface area contributed by atoms with Gasteiger partial charge in [-0.2, -0.15) is 0 Å². The first-order chi connectivity index (χ1) is 9.25. The third-order valence-electron chi connectivity index (χ3n) is 4.59. The second-order valence-corrected chi connectivity index (χ2v) is 5.42. The zero-order valence-electron chi connectivity index (χ0n) is 10.3. The van der Waals surface area contributed by atoms with Crippen molar-refractivity contribution < 1.29 is 39.6 Å². The van der Waals surface area contributed by atoms with Crippen molar-refractivity contribution in [2.24, 2.45) is 35.5 Å². The molecule has 0 radical (unpaired) electrons. The molecule has 2 aliphatic rings. The fourth-order valence-corrected chi connectivity index (χ4v) is 4.05. The molecule has 2 aliphatic carbocycles. The average Bonchev–Trinajstić information content (AvgIpc) is 2.81. The summed E-state index contributed by atoms with van der Waals surface area (Å²) >= 11 is 0. The van der Waals surface area contributed by atoms with Crippen LogP contribution in [-0.2, 0) is 19.2 Å². The number of carboxylic acid groups (broad SMARTS) is 4. The minimum Gasteiger partial charge on any atom is -0.481 e. The van der Waals surface area contributed by atoms with Crippen LogP contribution >= 0.6 is 0 Å². The number of hydrogen-bond donors (Lipinski definition) is 4. The van der Waals surface area contributed by atoms with E-state index in [0.29, 0.717) is 0 Å². The summed E-state index contributed by atoms with van der Waals surface area (Å²) in [6.07, 6.45) is -0.308. The summed E-state index contributed by atoms with van der Waals surface area (Å²) in [6.45, 7) is 0. The quantitative estimate of drug-likeness (QED) is 0.544. The topological polar surface area (TPSA) is 149 Å². The van der Waals surface area contributed by atoms with Gasteiger partial charge in [0.1, 0.15) is 0 Å². The third-order valence-corrected chi connectivity index (χ3v) is 4.59. The van der Waals surface area contributed by atoms with Crippen LogP contribution < -0.4 is 0 Å².